The first-order valence-electron chi connectivity index (χ1n) is 4.41. The molecule has 0 unspecified atom stereocenters. The molecular formula is C10H13N3. The lowest BCUT2D eigenvalue weighted by Crippen LogP contribution is -1.98. The van der Waals surface area contributed by atoms with Gasteiger partial charge in [0.25, 0.3) is 0 Å². The Hall–Kier alpha value is -1.51. The van der Waals surface area contributed by atoms with Crippen molar-refractivity contribution in [3.05, 3.63) is 24.4 Å². The third-order valence-corrected chi connectivity index (χ3v) is 2.15. The third-order valence-electron chi connectivity index (χ3n) is 2.15. The summed E-state index contributed by atoms with van der Waals surface area (Å²) in [6.07, 6.45) is 2.04. The van der Waals surface area contributed by atoms with Crippen molar-refractivity contribution in [3.8, 4) is 0 Å². The lowest BCUT2D eigenvalue weighted by molar-refractivity contribution is 0.623. The van der Waals surface area contributed by atoms with Gasteiger partial charge < -0.3 is 10.3 Å². The van der Waals surface area contributed by atoms with Gasteiger partial charge in [0.15, 0.2) is 0 Å². The maximum atomic E-state index is 5.59. The minimum absolute atomic E-state index is 0.461. The van der Waals surface area contributed by atoms with Crippen molar-refractivity contribution in [2.75, 3.05) is 5.73 Å². The van der Waals surface area contributed by atoms with Gasteiger partial charge in [-0.15, -0.1) is 0 Å². The first kappa shape index (κ1) is 8.10. The van der Waals surface area contributed by atoms with Crippen LogP contribution in [0.3, 0.4) is 0 Å². The maximum absolute atomic E-state index is 5.59. The average Bonchev–Trinajstić information content (AvgIpc) is 2.46. The Morgan fingerprint density at radius 3 is 2.77 bits per heavy atom. The van der Waals surface area contributed by atoms with Crippen LogP contribution in [0.5, 0.6) is 0 Å². The van der Waals surface area contributed by atoms with Crippen LogP contribution in [0.1, 0.15) is 19.9 Å². The molecule has 0 aliphatic rings. The van der Waals surface area contributed by atoms with Crippen molar-refractivity contribution < 1.29 is 0 Å². The van der Waals surface area contributed by atoms with Crippen molar-refractivity contribution in [2.45, 2.75) is 19.9 Å². The molecule has 2 aromatic heterocycles. The Balaban J connectivity index is 2.69. The molecule has 3 heteroatoms. The van der Waals surface area contributed by atoms with Gasteiger partial charge in [-0.1, -0.05) is 0 Å². The molecule has 0 aliphatic heterocycles. The second kappa shape index (κ2) is 2.76. The lowest BCUT2D eigenvalue weighted by atomic mass is 10.3. The number of hydrogen-bond donors (Lipinski definition) is 1. The van der Waals surface area contributed by atoms with E-state index in [1.165, 1.54) is 0 Å². The van der Waals surface area contributed by atoms with Crippen LogP contribution in [0.25, 0.3) is 11.0 Å². The number of nitrogens with zero attached hydrogens (tertiary/aromatic N) is 2. The van der Waals surface area contributed by atoms with E-state index in [1.807, 2.05) is 24.4 Å². The van der Waals surface area contributed by atoms with Crippen LogP contribution < -0.4 is 5.73 Å². The van der Waals surface area contributed by atoms with E-state index in [-0.39, 0.29) is 0 Å². The molecule has 0 saturated heterocycles. The maximum Gasteiger partial charge on any atom is 0.124 e. The first-order valence-corrected chi connectivity index (χ1v) is 4.41. The van der Waals surface area contributed by atoms with E-state index in [4.69, 9.17) is 5.73 Å². The highest BCUT2D eigenvalue weighted by Gasteiger charge is 2.04. The van der Waals surface area contributed by atoms with E-state index in [0.29, 0.717) is 11.9 Å². The van der Waals surface area contributed by atoms with E-state index in [2.05, 4.69) is 23.4 Å². The monoisotopic (exact) mass is 175 g/mol. The van der Waals surface area contributed by atoms with Crippen LogP contribution in [-0.4, -0.2) is 9.55 Å². The Kier molecular flexibility index (Phi) is 1.72. The average molecular weight is 175 g/mol. The molecule has 2 heterocycles. The van der Waals surface area contributed by atoms with Gasteiger partial charge in [-0.2, -0.15) is 0 Å². The number of anilines is 1. The lowest BCUT2D eigenvalue weighted by Gasteiger charge is -2.08. The number of pyridine rings is 1. The van der Waals surface area contributed by atoms with Crippen LogP contribution in [-0.2, 0) is 0 Å². The van der Waals surface area contributed by atoms with Crippen molar-refractivity contribution in [1.82, 2.24) is 9.55 Å². The Bertz CT molecular complexity index is 429. The molecule has 0 saturated carbocycles. The largest absolute Gasteiger partial charge is 0.384 e. The van der Waals surface area contributed by atoms with Gasteiger partial charge in [-0.25, -0.2) is 4.98 Å². The van der Waals surface area contributed by atoms with Gasteiger partial charge >= 0.3 is 0 Å². The summed E-state index contributed by atoms with van der Waals surface area (Å²) < 4.78 is 2.18. The minimum atomic E-state index is 0.461. The summed E-state index contributed by atoms with van der Waals surface area (Å²) in [5.74, 6) is 0.578. The molecule has 0 aromatic carbocycles. The molecule has 0 amide bonds. The normalized spacial score (nSPS) is 11.3. The van der Waals surface area contributed by atoms with Gasteiger partial charge in [0, 0.05) is 12.2 Å². The summed E-state index contributed by atoms with van der Waals surface area (Å²) in [5, 5.41) is 0. The zero-order valence-corrected chi connectivity index (χ0v) is 7.86. The number of hydrogen-bond acceptors (Lipinski definition) is 2. The molecule has 0 atom stereocenters. The predicted molar refractivity (Wildman–Crippen MR) is 54.5 cm³/mol. The summed E-state index contributed by atoms with van der Waals surface area (Å²) in [6.45, 7) is 4.30. The second-order valence-corrected chi connectivity index (χ2v) is 3.46. The van der Waals surface area contributed by atoms with Gasteiger partial charge in [0.2, 0.25) is 0 Å². The highest BCUT2D eigenvalue weighted by molar-refractivity contribution is 5.77. The fourth-order valence-electron chi connectivity index (χ4n) is 1.51. The summed E-state index contributed by atoms with van der Waals surface area (Å²) in [7, 11) is 0. The topological polar surface area (TPSA) is 43.8 Å². The molecule has 0 bridgehead atoms. The smallest absolute Gasteiger partial charge is 0.124 e. The third kappa shape index (κ3) is 1.26. The minimum Gasteiger partial charge on any atom is -0.384 e. The zero-order valence-electron chi connectivity index (χ0n) is 7.86. The van der Waals surface area contributed by atoms with E-state index < -0.39 is 0 Å². The van der Waals surface area contributed by atoms with Crippen LogP contribution in [0.15, 0.2) is 24.4 Å². The summed E-state index contributed by atoms with van der Waals surface area (Å²) >= 11 is 0. The number of nitrogen functional groups attached to an aromatic ring is 1. The van der Waals surface area contributed by atoms with Gasteiger partial charge in [-0.05, 0) is 32.0 Å². The Labute approximate surface area is 77.2 Å². The first-order chi connectivity index (χ1) is 6.18. The number of fused-ring (bicyclic) bond motifs is 1. The molecule has 0 radical (unpaired) electrons. The predicted octanol–water partition coefficient (Wildman–Crippen LogP) is 2.20. The molecule has 0 spiro atoms. The van der Waals surface area contributed by atoms with Crippen molar-refractivity contribution >= 4 is 16.9 Å². The summed E-state index contributed by atoms with van der Waals surface area (Å²) in [6, 6.07) is 6.30. The highest BCUT2D eigenvalue weighted by Crippen LogP contribution is 2.18. The van der Waals surface area contributed by atoms with Gasteiger partial charge in [-0.3, -0.25) is 0 Å². The van der Waals surface area contributed by atoms with Crippen molar-refractivity contribution in [1.29, 1.82) is 0 Å². The molecule has 2 N–H and O–H groups in total. The molecule has 68 valence electrons. The van der Waals surface area contributed by atoms with Crippen LogP contribution >= 0.6 is 0 Å². The molecule has 3 nitrogen and oxygen atoms in total. The van der Waals surface area contributed by atoms with E-state index >= 15 is 0 Å². The van der Waals surface area contributed by atoms with E-state index in [0.717, 1.165) is 11.0 Å². The van der Waals surface area contributed by atoms with E-state index in [1.54, 1.807) is 0 Å². The quantitative estimate of drug-likeness (QED) is 0.722. The van der Waals surface area contributed by atoms with E-state index in [9.17, 15) is 0 Å². The molecule has 0 fully saturated rings. The number of nitrogens with two attached hydrogens (primary N) is 1. The number of aromatic nitrogens is 2. The zero-order chi connectivity index (χ0) is 9.42. The molecule has 13 heavy (non-hydrogen) atoms. The fourth-order valence-corrected chi connectivity index (χ4v) is 1.51. The summed E-state index contributed by atoms with van der Waals surface area (Å²) in [5.41, 5.74) is 7.70. The SMILES string of the molecule is CC(C)n1ccc2nc(N)ccc21. The van der Waals surface area contributed by atoms with Crippen molar-refractivity contribution in [3.63, 3.8) is 0 Å². The molecule has 2 aromatic rings. The number of rotatable bonds is 1. The Morgan fingerprint density at radius 1 is 1.31 bits per heavy atom. The van der Waals surface area contributed by atoms with Crippen LogP contribution in [0, 0.1) is 0 Å². The Morgan fingerprint density at radius 2 is 2.08 bits per heavy atom. The van der Waals surface area contributed by atoms with Crippen molar-refractivity contribution in [2.24, 2.45) is 0 Å². The van der Waals surface area contributed by atoms with Gasteiger partial charge in [0.1, 0.15) is 5.82 Å². The van der Waals surface area contributed by atoms with Crippen LogP contribution in [0.2, 0.25) is 0 Å². The molecule has 2 rings (SSSR count). The van der Waals surface area contributed by atoms with Crippen LogP contribution in [0.4, 0.5) is 5.82 Å². The highest BCUT2D eigenvalue weighted by atomic mass is 15.0. The standard InChI is InChI=1S/C10H13N3/c1-7(2)13-6-5-8-9(13)3-4-10(11)12-8/h3-7H,1-2H3,(H2,11,12). The fraction of sp³-hybridized carbons (Fsp3) is 0.300. The molecule has 0 aliphatic carbocycles. The second-order valence-electron chi connectivity index (χ2n) is 3.46. The molecular weight excluding hydrogens is 162 g/mol. The summed E-state index contributed by atoms with van der Waals surface area (Å²) in [4.78, 5) is 4.24. The van der Waals surface area contributed by atoms with Gasteiger partial charge in [0.05, 0.1) is 11.0 Å².